The highest BCUT2D eigenvalue weighted by atomic mass is 16.5. The van der Waals surface area contributed by atoms with E-state index in [1.54, 1.807) is 0 Å². The Balaban J connectivity index is 1.58. The molecule has 3 fully saturated rings. The van der Waals surface area contributed by atoms with E-state index in [1.165, 1.54) is 26.4 Å². The molecule has 7 nitrogen and oxygen atoms in total. The number of nitrogens with one attached hydrogen (secondary N) is 3. The third-order valence-electron chi connectivity index (χ3n) is 5.58. The van der Waals surface area contributed by atoms with E-state index in [9.17, 15) is 14.4 Å². The molecule has 2 amide bonds. The van der Waals surface area contributed by atoms with Crippen LogP contribution in [0.25, 0.3) is 0 Å². The molecule has 2 aliphatic heterocycles. The van der Waals surface area contributed by atoms with Crippen molar-refractivity contribution >= 4 is 17.8 Å². The highest BCUT2D eigenvalue weighted by Gasteiger charge is 2.46. The number of amides is 2. The molecule has 3 N–H and O–H groups in total. The van der Waals surface area contributed by atoms with Crippen LogP contribution in [-0.2, 0) is 19.1 Å². The Morgan fingerprint density at radius 2 is 2.22 bits per heavy atom. The van der Waals surface area contributed by atoms with Gasteiger partial charge in [0.25, 0.3) is 0 Å². The number of rotatable bonds is 5. The summed E-state index contributed by atoms with van der Waals surface area (Å²) in [5, 5.41) is 8.81. The number of carbonyl (C=O) groups excluding carboxylic acids is 3. The summed E-state index contributed by atoms with van der Waals surface area (Å²) in [5.41, 5.74) is 0.286. The second-order valence-corrected chi connectivity index (χ2v) is 7.09. The minimum atomic E-state index is -0.763. The topological polar surface area (TPSA) is 96.5 Å². The SMILES string of the molecule is COC(=O)[C@H](C[C@@H]1CCNC1=O)NC(=O)[C@@H]1CC2(CCC2)CN1. The van der Waals surface area contributed by atoms with Gasteiger partial charge in [-0.25, -0.2) is 4.79 Å². The van der Waals surface area contributed by atoms with Crippen molar-refractivity contribution in [3.05, 3.63) is 0 Å². The molecule has 128 valence electrons. The number of methoxy groups -OCH3 is 1. The van der Waals surface area contributed by atoms with Crippen molar-refractivity contribution in [2.45, 2.75) is 50.6 Å². The molecule has 0 radical (unpaired) electrons. The summed E-state index contributed by atoms with van der Waals surface area (Å²) in [6, 6.07) is -1.01. The molecule has 0 aromatic heterocycles. The average Bonchev–Trinajstić information content (AvgIpc) is 3.12. The molecule has 0 aromatic rings. The highest BCUT2D eigenvalue weighted by molar-refractivity contribution is 5.88. The van der Waals surface area contributed by atoms with Crippen molar-refractivity contribution in [3.63, 3.8) is 0 Å². The number of esters is 1. The van der Waals surface area contributed by atoms with E-state index in [0.29, 0.717) is 19.4 Å². The van der Waals surface area contributed by atoms with Crippen molar-refractivity contribution < 1.29 is 19.1 Å². The minimum Gasteiger partial charge on any atom is -0.467 e. The Hall–Kier alpha value is -1.63. The van der Waals surface area contributed by atoms with Crippen molar-refractivity contribution in [2.24, 2.45) is 11.3 Å². The Bertz CT molecular complexity index is 504. The van der Waals surface area contributed by atoms with Gasteiger partial charge in [0.2, 0.25) is 11.8 Å². The lowest BCUT2D eigenvalue weighted by Crippen LogP contribution is -2.49. The van der Waals surface area contributed by atoms with Gasteiger partial charge >= 0.3 is 5.97 Å². The lowest BCUT2D eigenvalue weighted by Gasteiger charge is -2.37. The molecule has 1 saturated carbocycles. The van der Waals surface area contributed by atoms with Crippen molar-refractivity contribution in [2.75, 3.05) is 20.2 Å². The van der Waals surface area contributed by atoms with E-state index in [-0.39, 0.29) is 29.2 Å². The summed E-state index contributed by atoms with van der Waals surface area (Å²) in [7, 11) is 1.30. The fourth-order valence-corrected chi connectivity index (χ4v) is 3.94. The van der Waals surface area contributed by atoms with Gasteiger partial charge in [-0.3, -0.25) is 9.59 Å². The molecule has 0 aromatic carbocycles. The predicted molar refractivity (Wildman–Crippen MR) is 82.4 cm³/mol. The van der Waals surface area contributed by atoms with Crippen LogP contribution in [0.1, 0.15) is 38.5 Å². The molecular weight excluding hydrogens is 298 g/mol. The van der Waals surface area contributed by atoms with Gasteiger partial charge in [0.15, 0.2) is 0 Å². The number of ether oxygens (including phenoxy) is 1. The average molecular weight is 323 g/mol. The number of hydrogen-bond acceptors (Lipinski definition) is 5. The van der Waals surface area contributed by atoms with E-state index in [1.807, 2.05) is 0 Å². The van der Waals surface area contributed by atoms with E-state index in [2.05, 4.69) is 16.0 Å². The number of hydrogen-bond donors (Lipinski definition) is 3. The third-order valence-corrected chi connectivity index (χ3v) is 5.58. The predicted octanol–water partition coefficient (Wildman–Crippen LogP) is -0.297. The maximum Gasteiger partial charge on any atom is 0.328 e. The van der Waals surface area contributed by atoms with Gasteiger partial charge in [-0.1, -0.05) is 6.42 Å². The Morgan fingerprint density at radius 3 is 2.74 bits per heavy atom. The van der Waals surface area contributed by atoms with Crippen molar-refractivity contribution in [3.8, 4) is 0 Å². The first-order chi connectivity index (χ1) is 11.0. The molecule has 23 heavy (non-hydrogen) atoms. The Morgan fingerprint density at radius 1 is 1.43 bits per heavy atom. The first-order valence-corrected chi connectivity index (χ1v) is 8.42. The smallest absolute Gasteiger partial charge is 0.328 e. The van der Waals surface area contributed by atoms with Gasteiger partial charge < -0.3 is 20.7 Å². The van der Waals surface area contributed by atoms with Crippen LogP contribution in [0.3, 0.4) is 0 Å². The van der Waals surface area contributed by atoms with E-state index in [0.717, 1.165) is 13.0 Å². The molecule has 3 rings (SSSR count). The second-order valence-electron chi connectivity index (χ2n) is 7.09. The molecule has 1 spiro atoms. The van der Waals surface area contributed by atoms with Crippen LogP contribution < -0.4 is 16.0 Å². The van der Waals surface area contributed by atoms with Gasteiger partial charge in [-0.15, -0.1) is 0 Å². The van der Waals surface area contributed by atoms with Crippen LogP contribution in [0.2, 0.25) is 0 Å². The van der Waals surface area contributed by atoms with Gasteiger partial charge in [0.05, 0.1) is 13.2 Å². The van der Waals surface area contributed by atoms with Crippen LogP contribution in [-0.4, -0.2) is 50.1 Å². The second kappa shape index (κ2) is 6.47. The van der Waals surface area contributed by atoms with E-state index in [4.69, 9.17) is 4.74 Å². The van der Waals surface area contributed by atoms with Gasteiger partial charge in [-0.05, 0) is 37.5 Å². The zero-order valence-electron chi connectivity index (χ0n) is 13.5. The van der Waals surface area contributed by atoms with Crippen LogP contribution in [0.15, 0.2) is 0 Å². The fourth-order valence-electron chi connectivity index (χ4n) is 3.94. The van der Waals surface area contributed by atoms with E-state index >= 15 is 0 Å². The molecule has 3 atom stereocenters. The van der Waals surface area contributed by atoms with Gasteiger partial charge in [0.1, 0.15) is 6.04 Å². The normalized spacial score (nSPS) is 29.7. The Kier molecular flexibility index (Phi) is 4.57. The van der Waals surface area contributed by atoms with Gasteiger partial charge in [0, 0.05) is 19.0 Å². The first-order valence-electron chi connectivity index (χ1n) is 8.42. The standard InChI is InChI=1S/C16H25N3O4/c1-23-15(22)11(7-10-3-6-17-13(10)20)19-14(21)12-8-16(9-18-12)4-2-5-16/h10-12,18H,2-9H2,1H3,(H,17,20)(H,19,21)/t10-,11-,12-/m0/s1. The highest BCUT2D eigenvalue weighted by Crippen LogP contribution is 2.47. The largest absolute Gasteiger partial charge is 0.467 e. The summed E-state index contributed by atoms with van der Waals surface area (Å²) in [4.78, 5) is 36.1. The molecule has 7 heteroatoms. The monoisotopic (exact) mass is 323 g/mol. The van der Waals surface area contributed by atoms with Crippen molar-refractivity contribution in [1.82, 2.24) is 16.0 Å². The van der Waals surface area contributed by atoms with Crippen LogP contribution in [0.5, 0.6) is 0 Å². The lowest BCUT2D eigenvalue weighted by molar-refractivity contribution is -0.146. The molecule has 0 bridgehead atoms. The maximum atomic E-state index is 12.5. The molecule has 2 saturated heterocycles. The Labute approximate surface area is 135 Å². The quantitative estimate of drug-likeness (QED) is 0.604. The molecule has 3 aliphatic rings. The summed E-state index contributed by atoms with van der Waals surface area (Å²) < 4.78 is 4.79. The zero-order valence-corrected chi connectivity index (χ0v) is 13.5. The zero-order chi connectivity index (χ0) is 16.4. The first kappa shape index (κ1) is 16.2. The lowest BCUT2D eigenvalue weighted by atomic mass is 9.67. The summed E-state index contributed by atoms with van der Waals surface area (Å²) >= 11 is 0. The fraction of sp³-hybridized carbons (Fsp3) is 0.812. The minimum absolute atomic E-state index is 0.0550. The molecule has 2 heterocycles. The van der Waals surface area contributed by atoms with E-state index < -0.39 is 12.0 Å². The maximum absolute atomic E-state index is 12.5. The molecule has 0 unspecified atom stereocenters. The summed E-state index contributed by atoms with van der Waals surface area (Å²) in [5.74, 6) is -0.952. The van der Waals surface area contributed by atoms with Crippen LogP contribution >= 0.6 is 0 Å². The number of carbonyl (C=O) groups is 3. The van der Waals surface area contributed by atoms with Crippen LogP contribution in [0, 0.1) is 11.3 Å². The molecular formula is C16H25N3O4. The van der Waals surface area contributed by atoms with Gasteiger partial charge in [-0.2, -0.15) is 0 Å². The molecule has 1 aliphatic carbocycles. The summed E-state index contributed by atoms with van der Waals surface area (Å²) in [6.45, 7) is 1.50. The van der Waals surface area contributed by atoms with Crippen LogP contribution in [0.4, 0.5) is 0 Å². The van der Waals surface area contributed by atoms with Crippen molar-refractivity contribution in [1.29, 1.82) is 0 Å². The summed E-state index contributed by atoms with van der Waals surface area (Å²) in [6.07, 6.45) is 5.39. The third kappa shape index (κ3) is 3.34.